The Labute approximate surface area is 197 Å². The highest BCUT2D eigenvalue weighted by molar-refractivity contribution is 4.67. The van der Waals surface area contributed by atoms with Crippen molar-refractivity contribution in [2.45, 2.75) is 187 Å². The van der Waals surface area contributed by atoms with Gasteiger partial charge in [0, 0.05) is 0 Å². The molecule has 2 heteroatoms. The lowest BCUT2D eigenvalue weighted by Gasteiger charge is -2.17. The second-order valence-corrected chi connectivity index (χ2v) is 10.1. The van der Waals surface area contributed by atoms with Gasteiger partial charge < -0.3 is 10.2 Å². The van der Waals surface area contributed by atoms with Crippen molar-refractivity contribution < 1.29 is 10.2 Å². The lowest BCUT2D eigenvalue weighted by molar-refractivity contribution is 0.00711. The van der Waals surface area contributed by atoms with Gasteiger partial charge in [0.2, 0.25) is 0 Å². The first kappa shape index (κ1) is 30.9. The SMILES string of the molecule is CCCCCCCCCCCCCCC(O)C(O)CCCCCCCCCCCCC. The molecule has 0 aliphatic heterocycles. The molecule has 31 heavy (non-hydrogen) atoms. The first-order chi connectivity index (χ1) is 15.2. The highest BCUT2D eigenvalue weighted by Gasteiger charge is 2.15. The molecule has 2 unspecified atom stereocenters. The molecule has 0 saturated carbocycles. The first-order valence-corrected chi connectivity index (χ1v) is 14.6. The molecule has 0 aliphatic carbocycles. The standard InChI is InChI=1S/C29H60O2/c1-3-5-7-9-11-13-15-17-19-21-23-25-27-29(31)28(30)26-24-22-20-18-16-14-12-10-8-6-4-2/h28-31H,3-27H2,1-2H3. The van der Waals surface area contributed by atoms with Gasteiger partial charge in [-0.15, -0.1) is 0 Å². The molecule has 0 spiro atoms. The Morgan fingerprint density at radius 3 is 0.742 bits per heavy atom. The van der Waals surface area contributed by atoms with E-state index in [1.54, 1.807) is 0 Å². The summed E-state index contributed by atoms with van der Waals surface area (Å²) in [5, 5.41) is 20.4. The number of aliphatic hydroxyl groups is 2. The van der Waals surface area contributed by atoms with E-state index in [9.17, 15) is 10.2 Å². The number of rotatable bonds is 26. The van der Waals surface area contributed by atoms with Crippen molar-refractivity contribution in [3.63, 3.8) is 0 Å². The van der Waals surface area contributed by atoms with Gasteiger partial charge in [-0.05, 0) is 12.8 Å². The minimum absolute atomic E-state index is 0.508. The van der Waals surface area contributed by atoms with Gasteiger partial charge in [-0.25, -0.2) is 0 Å². The maximum absolute atomic E-state index is 10.2. The summed E-state index contributed by atoms with van der Waals surface area (Å²) in [6.45, 7) is 4.55. The highest BCUT2D eigenvalue weighted by Crippen LogP contribution is 2.17. The molecule has 0 rings (SSSR count). The summed E-state index contributed by atoms with van der Waals surface area (Å²) >= 11 is 0. The number of unbranched alkanes of at least 4 members (excludes halogenated alkanes) is 21. The van der Waals surface area contributed by atoms with E-state index >= 15 is 0 Å². The van der Waals surface area contributed by atoms with E-state index in [2.05, 4.69) is 13.8 Å². The van der Waals surface area contributed by atoms with E-state index in [4.69, 9.17) is 0 Å². The largest absolute Gasteiger partial charge is 0.390 e. The predicted octanol–water partition coefficient (Wildman–Crippen LogP) is 9.50. The molecular formula is C29H60O2. The molecule has 2 atom stereocenters. The van der Waals surface area contributed by atoms with Gasteiger partial charge in [0.15, 0.2) is 0 Å². The van der Waals surface area contributed by atoms with Crippen LogP contribution in [0.3, 0.4) is 0 Å². The van der Waals surface area contributed by atoms with Crippen molar-refractivity contribution in [1.29, 1.82) is 0 Å². The molecular weight excluding hydrogens is 380 g/mol. The predicted molar refractivity (Wildman–Crippen MR) is 139 cm³/mol. The quantitative estimate of drug-likeness (QED) is 0.131. The van der Waals surface area contributed by atoms with Crippen LogP contribution in [0.1, 0.15) is 174 Å². The van der Waals surface area contributed by atoms with Gasteiger partial charge in [-0.1, -0.05) is 162 Å². The minimum atomic E-state index is -0.508. The summed E-state index contributed by atoms with van der Waals surface area (Å²) < 4.78 is 0. The smallest absolute Gasteiger partial charge is 0.0799 e. The van der Waals surface area contributed by atoms with Gasteiger partial charge >= 0.3 is 0 Å². The summed E-state index contributed by atoms with van der Waals surface area (Å²) in [6.07, 6.45) is 31.2. The van der Waals surface area contributed by atoms with Crippen molar-refractivity contribution >= 4 is 0 Å². The van der Waals surface area contributed by atoms with E-state index in [-0.39, 0.29) is 0 Å². The fourth-order valence-corrected chi connectivity index (χ4v) is 4.60. The van der Waals surface area contributed by atoms with Crippen molar-refractivity contribution in [1.82, 2.24) is 0 Å². The zero-order valence-electron chi connectivity index (χ0n) is 21.7. The molecule has 0 radical (unpaired) electrons. The van der Waals surface area contributed by atoms with E-state index in [0.717, 1.165) is 25.7 Å². The van der Waals surface area contributed by atoms with Crippen molar-refractivity contribution in [3.8, 4) is 0 Å². The fourth-order valence-electron chi connectivity index (χ4n) is 4.60. The summed E-state index contributed by atoms with van der Waals surface area (Å²) in [5.41, 5.74) is 0. The number of hydrogen-bond acceptors (Lipinski definition) is 2. The molecule has 2 nitrogen and oxygen atoms in total. The van der Waals surface area contributed by atoms with Gasteiger partial charge in [-0.3, -0.25) is 0 Å². The average molecular weight is 441 g/mol. The molecule has 188 valence electrons. The third-order valence-corrected chi connectivity index (χ3v) is 6.90. The maximum atomic E-state index is 10.2. The second-order valence-electron chi connectivity index (χ2n) is 10.1. The van der Waals surface area contributed by atoms with Gasteiger partial charge in [0.05, 0.1) is 12.2 Å². The van der Waals surface area contributed by atoms with Gasteiger partial charge in [-0.2, -0.15) is 0 Å². The van der Waals surface area contributed by atoms with Crippen LogP contribution in [0.25, 0.3) is 0 Å². The van der Waals surface area contributed by atoms with Crippen molar-refractivity contribution in [2.24, 2.45) is 0 Å². The monoisotopic (exact) mass is 440 g/mol. The van der Waals surface area contributed by atoms with Crippen LogP contribution in [-0.2, 0) is 0 Å². The van der Waals surface area contributed by atoms with Crippen LogP contribution in [0.2, 0.25) is 0 Å². The third kappa shape index (κ3) is 24.4. The van der Waals surface area contributed by atoms with Crippen LogP contribution in [0.15, 0.2) is 0 Å². The number of aliphatic hydroxyl groups excluding tert-OH is 2. The first-order valence-electron chi connectivity index (χ1n) is 14.6. The van der Waals surface area contributed by atoms with Crippen molar-refractivity contribution in [2.75, 3.05) is 0 Å². The molecule has 0 aromatic carbocycles. The number of hydrogen-bond donors (Lipinski definition) is 2. The Morgan fingerprint density at radius 1 is 0.323 bits per heavy atom. The summed E-state index contributed by atoms with van der Waals surface area (Å²) in [7, 11) is 0. The van der Waals surface area contributed by atoms with E-state index < -0.39 is 12.2 Å². The molecule has 2 N–H and O–H groups in total. The van der Waals surface area contributed by atoms with E-state index in [1.807, 2.05) is 0 Å². The second kappa shape index (κ2) is 26.2. The molecule has 0 aromatic heterocycles. The van der Waals surface area contributed by atoms with E-state index in [1.165, 1.54) is 135 Å². The van der Waals surface area contributed by atoms with E-state index in [0.29, 0.717) is 0 Å². The van der Waals surface area contributed by atoms with Crippen LogP contribution in [0.4, 0.5) is 0 Å². The molecule has 0 bridgehead atoms. The third-order valence-electron chi connectivity index (χ3n) is 6.90. The van der Waals surface area contributed by atoms with Crippen LogP contribution in [-0.4, -0.2) is 22.4 Å². The molecule has 0 aromatic rings. The molecule has 0 aliphatic rings. The van der Waals surface area contributed by atoms with Gasteiger partial charge in [0.25, 0.3) is 0 Å². The van der Waals surface area contributed by atoms with Crippen LogP contribution >= 0.6 is 0 Å². The molecule has 0 amide bonds. The minimum Gasteiger partial charge on any atom is -0.390 e. The molecule has 0 fully saturated rings. The average Bonchev–Trinajstić information content (AvgIpc) is 2.77. The molecule has 0 heterocycles. The molecule has 0 saturated heterocycles. The van der Waals surface area contributed by atoms with Crippen LogP contribution in [0.5, 0.6) is 0 Å². The lowest BCUT2D eigenvalue weighted by atomic mass is 9.99. The van der Waals surface area contributed by atoms with Crippen molar-refractivity contribution in [3.05, 3.63) is 0 Å². The summed E-state index contributed by atoms with van der Waals surface area (Å²) in [5.74, 6) is 0. The Kier molecular flexibility index (Phi) is 26.1. The summed E-state index contributed by atoms with van der Waals surface area (Å²) in [6, 6.07) is 0. The fraction of sp³-hybridized carbons (Fsp3) is 1.00. The maximum Gasteiger partial charge on any atom is 0.0799 e. The zero-order valence-corrected chi connectivity index (χ0v) is 21.7. The topological polar surface area (TPSA) is 40.5 Å². The summed E-state index contributed by atoms with van der Waals surface area (Å²) in [4.78, 5) is 0. The van der Waals surface area contributed by atoms with Crippen LogP contribution < -0.4 is 0 Å². The Balaban J connectivity index is 3.29. The normalized spacial score (nSPS) is 13.5. The lowest BCUT2D eigenvalue weighted by Crippen LogP contribution is -2.25. The Hall–Kier alpha value is -0.0800. The van der Waals surface area contributed by atoms with Gasteiger partial charge in [0.1, 0.15) is 0 Å². The zero-order chi connectivity index (χ0) is 22.8. The Morgan fingerprint density at radius 2 is 0.516 bits per heavy atom. The highest BCUT2D eigenvalue weighted by atomic mass is 16.3. The van der Waals surface area contributed by atoms with Crippen LogP contribution in [0, 0.1) is 0 Å². The Bertz CT molecular complexity index is 318.